The van der Waals surface area contributed by atoms with Crippen LogP contribution < -0.4 is 5.56 Å². The number of aromatic hydroxyl groups is 1. The minimum atomic E-state index is -4.61. The van der Waals surface area contributed by atoms with E-state index in [1.807, 2.05) is 0 Å². The Morgan fingerprint density at radius 3 is 2.49 bits per heavy atom. The van der Waals surface area contributed by atoms with Gasteiger partial charge in [0.2, 0.25) is 0 Å². The third kappa shape index (κ3) is 7.10. The zero-order valence-electron chi connectivity index (χ0n) is 22.6. The van der Waals surface area contributed by atoms with Crippen LogP contribution in [0.5, 0.6) is 5.75 Å². The smallest absolute Gasteiger partial charge is 0.416 e. The van der Waals surface area contributed by atoms with Gasteiger partial charge in [0.25, 0.3) is 5.56 Å². The maximum Gasteiger partial charge on any atom is 0.416 e. The number of likely N-dealkylation sites (tertiary alicyclic amines) is 2. The van der Waals surface area contributed by atoms with Crippen molar-refractivity contribution < 1.29 is 23.1 Å². The number of hydrogen-bond donors (Lipinski definition) is 2. The molecule has 6 nitrogen and oxygen atoms in total. The van der Waals surface area contributed by atoms with Gasteiger partial charge in [-0.2, -0.15) is 13.2 Å². The number of fused-ring (bicyclic) bond motifs is 1. The predicted octanol–water partition coefficient (Wildman–Crippen LogP) is 6.57. The summed E-state index contributed by atoms with van der Waals surface area (Å²) in [7, 11) is 0. The highest BCUT2D eigenvalue weighted by Crippen LogP contribution is 2.42. The van der Waals surface area contributed by atoms with Crippen LogP contribution in [-0.4, -0.2) is 70.2 Å². The van der Waals surface area contributed by atoms with Gasteiger partial charge in [-0.05, 0) is 88.3 Å². The Balaban J connectivity index is 1.32. The average molecular weight is 608 g/mol. The van der Waals surface area contributed by atoms with Gasteiger partial charge < -0.3 is 19.9 Å². The number of carbonyl (C=O) groups excluding carboxylic acids is 1. The first-order valence-electron chi connectivity index (χ1n) is 14.0. The summed E-state index contributed by atoms with van der Waals surface area (Å²) in [5.41, 5.74) is -1.02. The average Bonchev–Trinajstić information content (AvgIpc) is 2.96. The van der Waals surface area contributed by atoms with E-state index in [0.29, 0.717) is 19.0 Å². The number of aromatic nitrogens is 1. The van der Waals surface area contributed by atoms with Gasteiger partial charge in [0, 0.05) is 46.1 Å². The number of hydrogen-bond acceptors (Lipinski definition) is 6. The molecule has 0 radical (unpaired) electrons. The Morgan fingerprint density at radius 2 is 1.78 bits per heavy atom. The largest absolute Gasteiger partial charge is 0.507 e. The third-order valence-corrected chi connectivity index (χ3v) is 9.45. The molecular weight excluding hydrogens is 575 g/mol. The summed E-state index contributed by atoms with van der Waals surface area (Å²) in [6.45, 7) is 4.90. The number of aromatic amines is 1. The van der Waals surface area contributed by atoms with Gasteiger partial charge in [0.05, 0.1) is 16.2 Å². The van der Waals surface area contributed by atoms with Crippen molar-refractivity contribution in [1.82, 2.24) is 14.8 Å². The number of nitrogens with one attached hydrogen (secondary N) is 1. The first-order valence-corrected chi connectivity index (χ1v) is 15.3. The van der Waals surface area contributed by atoms with Crippen molar-refractivity contribution >= 4 is 40.0 Å². The number of nitrogens with zero attached hydrogens (tertiary/aromatic N) is 2. The second-order valence-corrected chi connectivity index (χ2v) is 12.2. The van der Waals surface area contributed by atoms with Crippen molar-refractivity contribution in [2.75, 3.05) is 38.5 Å². The van der Waals surface area contributed by atoms with Crippen molar-refractivity contribution in [2.24, 2.45) is 0 Å². The Hall–Kier alpha value is -2.53. The van der Waals surface area contributed by atoms with Gasteiger partial charge in [-0.15, -0.1) is 11.8 Å². The molecule has 0 spiro atoms. The fourth-order valence-corrected chi connectivity index (χ4v) is 7.03. The first kappa shape index (κ1) is 29.9. The van der Waals surface area contributed by atoms with Crippen molar-refractivity contribution in [3.63, 3.8) is 0 Å². The molecule has 0 saturated carbocycles. The molecule has 3 heterocycles. The van der Waals surface area contributed by atoms with Crippen LogP contribution in [-0.2, 0) is 11.0 Å². The number of alkyl halides is 3. The minimum Gasteiger partial charge on any atom is -0.507 e. The number of halogens is 4. The Bertz CT molecular complexity index is 1470. The van der Waals surface area contributed by atoms with Crippen LogP contribution in [0.2, 0.25) is 5.02 Å². The SMILES string of the molecule is O=C(CCN1CCC(N2CCCCC2)CC1)CSc1c(-c2cc(Cl)ccc2O)c2cc(C(F)(F)F)ccc2[nH]c1=O. The normalized spacial score (nSPS) is 17.8. The molecule has 41 heavy (non-hydrogen) atoms. The zero-order chi connectivity index (χ0) is 29.1. The molecule has 0 amide bonds. The lowest BCUT2D eigenvalue weighted by Gasteiger charge is -2.40. The van der Waals surface area contributed by atoms with E-state index in [4.69, 9.17) is 11.6 Å². The second-order valence-electron chi connectivity index (χ2n) is 10.8. The number of phenols is 1. The summed E-state index contributed by atoms with van der Waals surface area (Å²) in [4.78, 5) is 33.7. The van der Waals surface area contributed by atoms with E-state index in [0.717, 1.165) is 49.8 Å². The highest BCUT2D eigenvalue weighted by molar-refractivity contribution is 8.00. The highest BCUT2D eigenvalue weighted by Gasteiger charge is 2.31. The van der Waals surface area contributed by atoms with Crippen LogP contribution in [0.1, 0.15) is 44.1 Å². The lowest BCUT2D eigenvalue weighted by Crippen LogP contribution is -2.47. The quantitative estimate of drug-likeness (QED) is 0.282. The van der Waals surface area contributed by atoms with E-state index in [1.165, 1.54) is 56.6 Å². The molecule has 11 heteroatoms. The molecule has 3 aromatic rings. The van der Waals surface area contributed by atoms with Crippen LogP contribution in [0, 0.1) is 0 Å². The third-order valence-electron chi connectivity index (χ3n) is 8.07. The van der Waals surface area contributed by atoms with Gasteiger partial charge in [-0.3, -0.25) is 9.59 Å². The summed E-state index contributed by atoms with van der Waals surface area (Å²) in [6.07, 6.45) is 1.77. The van der Waals surface area contributed by atoms with Crippen molar-refractivity contribution in [2.45, 2.75) is 55.6 Å². The number of phenolic OH excluding ortho intramolecular Hbond substituents is 1. The molecule has 2 aromatic carbocycles. The number of carbonyl (C=O) groups is 1. The summed E-state index contributed by atoms with van der Waals surface area (Å²) < 4.78 is 40.7. The Morgan fingerprint density at radius 1 is 1.05 bits per heavy atom. The molecular formula is C30H33ClF3N3O3S. The first-order chi connectivity index (χ1) is 19.6. The van der Waals surface area contributed by atoms with E-state index in [-0.39, 0.29) is 49.2 Å². The Labute approximate surface area is 245 Å². The van der Waals surface area contributed by atoms with Gasteiger partial charge >= 0.3 is 6.18 Å². The number of rotatable bonds is 8. The van der Waals surface area contributed by atoms with Crippen LogP contribution in [0.15, 0.2) is 46.1 Å². The van der Waals surface area contributed by atoms with E-state index >= 15 is 0 Å². The van der Waals surface area contributed by atoms with Crippen molar-refractivity contribution in [1.29, 1.82) is 0 Å². The maximum absolute atomic E-state index is 13.6. The topological polar surface area (TPSA) is 76.6 Å². The maximum atomic E-state index is 13.6. The van der Waals surface area contributed by atoms with Gasteiger partial charge in [-0.25, -0.2) is 0 Å². The zero-order valence-corrected chi connectivity index (χ0v) is 24.2. The molecule has 2 aliphatic heterocycles. The fourth-order valence-electron chi connectivity index (χ4n) is 5.86. The van der Waals surface area contributed by atoms with Crippen molar-refractivity contribution in [3.05, 3.63) is 57.3 Å². The standard InChI is InChI=1S/C30H33ClF3N3O3S/c31-20-5-7-26(39)24(17-20)27-23-16-19(30(32,33)34)4-6-25(23)35-29(40)28(27)41-18-22(38)10-15-36-13-8-21(9-14-36)37-11-2-1-3-12-37/h4-7,16-17,21,39H,1-3,8-15,18H2,(H,35,40). The monoisotopic (exact) mass is 607 g/mol. The van der Waals surface area contributed by atoms with E-state index < -0.39 is 17.3 Å². The molecule has 1 aromatic heterocycles. The number of Topliss-reactive ketones (excluding diaryl/α,β-unsaturated/α-hetero) is 1. The number of ketones is 1. The molecule has 2 aliphatic rings. The summed E-state index contributed by atoms with van der Waals surface area (Å²) in [6, 6.07) is 7.83. The van der Waals surface area contributed by atoms with Crippen molar-refractivity contribution in [3.8, 4) is 16.9 Å². The van der Waals surface area contributed by atoms with E-state index in [2.05, 4.69) is 14.8 Å². The van der Waals surface area contributed by atoms with E-state index in [1.54, 1.807) is 0 Å². The van der Waals surface area contributed by atoms with Gasteiger partial charge in [0.15, 0.2) is 0 Å². The fraction of sp³-hybridized carbons (Fsp3) is 0.467. The van der Waals surface area contributed by atoms with Crippen LogP contribution in [0.3, 0.4) is 0 Å². The minimum absolute atomic E-state index is 0.0217. The molecule has 0 aliphatic carbocycles. The molecule has 2 saturated heterocycles. The number of benzene rings is 2. The molecule has 2 fully saturated rings. The lowest BCUT2D eigenvalue weighted by molar-refractivity contribution is -0.137. The second kappa shape index (κ2) is 12.8. The molecule has 0 atom stereocenters. The van der Waals surface area contributed by atoms with Gasteiger partial charge in [-0.1, -0.05) is 18.0 Å². The van der Waals surface area contributed by atoms with Crippen LogP contribution in [0.25, 0.3) is 22.0 Å². The summed E-state index contributed by atoms with van der Waals surface area (Å²) in [5.74, 6) is -0.315. The lowest BCUT2D eigenvalue weighted by atomic mass is 9.98. The van der Waals surface area contributed by atoms with Crippen LogP contribution in [0.4, 0.5) is 13.2 Å². The highest BCUT2D eigenvalue weighted by atomic mass is 35.5. The Kier molecular flexibility index (Phi) is 9.33. The number of thioether (sulfide) groups is 1. The number of pyridine rings is 1. The molecule has 220 valence electrons. The summed E-state index contributed by atoms with van der Waals surface area (Å²) in [5, 5.41) is 11.0. The summed E-state index contributed by atoms with van der Waals surface area (Å²) >= 11 is 7.14. The number of H-pyrrole nitrogens is 1. The predicted molar refractivity (Wildman–Crippen MR) is 157 cm³/mol. The van der Waals surface area contributed by atoms with Gasteiger partial charge in [0.1, 0.15) is 11.5 Å². The molecule has 2 N–H and O–H groups in total. The molecule has 5 rings (SSSR count). The van der Waals surface area contributed by atoms with Crippen LogP contribution >= 0.6 is 23.4 Å². The number of piperidine rings is 2. The molecule has 0 unspecified atom stereocenters. The molecule has 0 bridgehead atoms. The van der Waals surface area contributed by atoms with E-state index in [9.17, 15) is 27.9 Å².